The van der Waals surface area contributed by atoms with Crippen molar-refractivity contribution >= 4 is 0 Å². The molecule has 3 heteroatoms. The van der Waals surface area contributed by atoms with Crippen LogP contribution in [0.2, 0.25) is 0 Å². The first-order valence-electron chi connectivity index (χ1n) is 5.77. The van der Waals surface area contributed by atoms with E-state index in [-0.39, 0.29) is 5.82 Å². The molecule has 1 aromatic rings. The lowest BCUT2D eigenvalue weighted by Gasteiger charge is -2.30. The number of rotatable bonds is 2. The predicted molar refractivity (Wildman–Crippen MR) is 62.3 cm³/mol. The number of halogens is 1. The van der Waals surface area contributed by atoms with E-state index in [9.17, 15) is 4.39 Å². The fraction of sp³-hybridized carbons (Fsp3) is 0.538. The molecule has 2 rings (SSSR count). The van der Waals surface area contributed by atoms with E-state index in [1.807, 2.05) is 12.1 Å². The van der Waals surface area contributed by atoms with Gasteiger partial charge < -0.3 is 10.1 Å². The minimum absolute atomic E-state index is 0.191. The van der Waals surface area contributed by atoms with Crippen LogP contribution in [0.15, 0.2) is 18.2 Å². The molecule has 0 spiro atoms. The van der Waals surface area contributed by atoms with Gasteiger partial charge in [-0.2, -0.15) is 0 Å². The Labute approximate surface area is 95.8 Å². The monoisotopic (exact) mass is 223 g/mol. The zero-order valence-corrected chi connectivity index (χ0v) is 9.79. The van der Waals surface area contributed by atoms with Gasteiger partial charge in [0.2, 0.25) is 0 Å². The average Bonchev–Trinajstić information content (AvgIpc) is 2.31. The topological polar surface area (TPSA) is 21.3 Å². The van der Waals surface area contributed by atoms with Crippen LogP contribution < -0.4 is 10.1 Å². The van der Waals surface area contributed by atoms with E-state index >= 15 is 0 Å². The highest BCUT2D eigenvalue weighted by atomic mass is 19.1. The Morgan fingerprint density at radius 2 is 2.25 bits per heavy atom. The molecule has 0 saturated carbocycles. The van der Waals surface area contributed by atoms with E-state index in [0.29, 0.717) is 17.6 Å². The Morgan fingerprint density at radius 1 is 1.44 bits per heavy atom. The summed E-state index contributed by atoms with van der Waals surface area (Å²) in [5.74, 6) is 0.929. The third kappa shape index (κ3) is 2.05. The third-order valence-corrected chi connectivity index (χ3v) is 3.40. The molecular formula is C13H18FNO. The second kappa shape index (κ2) is 4.83. The lowest BCUT2D eigenvalue weighted by Crippen LogP contribution is -2.34. The van der Waals surface area contributed by atoms with Gasteiger partial charge in [-0.25, -0.2) is 4.39 Å². The number of hydrogen-bond acceptors (Lipinski definition) is 2. The van der Waals surface area contributed by atoms with Crippen molar-refractivity contribution in [2.45, 2.75) is 19.3 Å². The molecule has 1 N–H and O–H groups in total. The third-order valence-electron chi connectivity index (χ3n) is 3.40. The molecule has 16 heavy (non-hydrogen) atoms. The van der Waals surface area contributed by atoms with E-state index in [2.05, 4.69) is 12.2 Å². The SMILES string of the molecule is COc1cccc(C2CCNCC2C)c1F. The predicted octanol–water partition coefficient (Wildman–Crippen LogP) is 2.55. The van der Waals surface area contributed by atoms with Crippen LogP contribution in [0.5, 0.6) is 5.75 Å². The summed E-state index contributed by atoms with van der Waals surface area (Å²) in [6.45, 7) is 4.09. The van der Waals surface area contributed by atoms with Crippen LogP contribution in [-0.4, -0.2) is 20.2 Å². The maximum Gasteiger partial charge on any atom is 0.168 e. The number of piperidine rings is 1. The van der Waals surface area contributed by atoms with Crippen molar-refractivity contribution in [3.63, 3.8) is 0 Å². The van der Waals surface area contributed by atoms with E-state index < -0.39 is 0 Å². The molecule has 1 aromatic carbocycles. The fourth-order valence-corrected chi connectivity index (χ4v) is 2.45. The van der Waals surface area contributed by atoms with Gasteiger partial charge >= 0.3 is 0 Å². The summed E-state index contributed by atoms with van der Waals surface area (Å²) in [6, 6.07) is 5.42. The summed E-state index contributed by atoms with van der Waals surface area (Å²) >= 11 is 0. The Balaban J connectivity index is 2.31. The maximum absolute atomic E-state index is 14.1. The Kier molecular flexibility index (Phi) is 3.44. The van der Waals surface area contributed by atoms with Crippen LogP contribution in [-0.2, 0) is 0 Å². The number of nitrogens with one attached hydrogen (secondary N) is 1. The van der Waals surface area contributed by atoms with E-state index in [1.54, 1.807) is 6.07 Å². The van der Waals surface area contributed by atoms with Crippen molar-refractivity contribution in [1.82, 2.24) is 5.32 Å². The largest absolute Gasteiger partial charge is 0.494 e. The average molecular weight is 223 g/mol. The highest BCUT2D eigenvalue weighted by Crippen LogP contribution is 2.34. The molecule has 1 heterocycles. The highest BCUT2D eigenvalue weighted by molar-refractivity contribution is 5.33. The van der Waals surface area contributed by atoms with Crippen LogP contribution in [0.3, 0.4) is 0 Å². The Morgan fingerprint density at radius 3 is 2.94 bits per heavy atom. The molecule has 2 atom stereocenters. The minimum atomic E-state index is -0.191. The molecule has 0 radical (unpaired) electrons. The van der Waals surface area contributed by atoms with Gasteiger partial charge in [0.05, 0.1) is 7.11 Å². The number of ether oxygens (including phenoxy) is 1. The van der Waals surface area contributed by atoms with Crippen molar-refractivity contribution in [2.75, 3.05) is 20.2 Å². The molecule has 2 unspecified atom stereocenters. The molecular weight excluding hydrogens is 205 g/mol. The maximum atomic E-state index is 14.1. The van der Waals surface area contributed by atoms with Crippen molar-refractivity contribution in [2.24, 2.45) is 5.92 Å². The van der Waals surface area contributed by atoms with Gasteiger partial charge in [-0.3, -0.25) is 0 Å². The van der Waals surface area contributed by atoms with Crippen LogP contribution in [0.4, 0.5) is 4.39 Å². The molecule has 0 aromatic heterocycles. The molecule has 1 aliphatic rings. The van der Waals surface area contributed by atoms with Crippen LogP contribution in [0, 0.1) is 11.7 Å². The summed E-state index contributed by atoms with van der Waals surface area (Å²) in [4.78, 5) is 0. The fourth-order valence-electron chi connectivity index (χ4n) is 2.45. The normalized spacial score (nSPS) is 25.4. The second-order valence-electron chi connectivity index (χ2n) is 4.44. The Hall–Kier alpha value is -1.09. The first-order valence-corrected chi connectivity index (χ1v) is 5.77. The second-order valence-corrected chi connectivity index (χ2v) is 4.44. The molecule has 2 nitrogen and oxygen atoms in total. The van der Waals surface area contributed by atoms with Crippen molar-refractivity contribution in [3.05, 3.63) is 29.6 Å². The van der Waals surface area contributed by atoms with Crippen molar-refractivity contribution in [3.8, 4) is 5.75 Å². The van der Waals surface area contributed by atoms with Crippen molar-refractivity contribution < 1.29 is 9.13 Å². The van der Waals surface area contributed by atoms with Crippen LogP contribution in [0.25, 0.3) is 0 Å². The molecule has 88 valence electrons. The zero-order valence-electron chi connectivity index (χ0n) is 9.79. The first-order chi connectivity index (χ1) is 7.74. The smallest absolute Gasteiger partial charge is 0.168 e. The standard InChI is InChI=1S/C13H18FNO/c1-9-8-15-7-6-10(9)11-4-3-5-12(16-2)13(11)14/h3-5,9-10,15H,6-8H2,1-2H3. The van der Waals surface area contributed by atoms with Gasteiger partial charge in [-0.05, 0) is 43.0 Å². The first kappa shape index (κ1) is 11.4. The van der Waals surface area contributed by atoms with Crippen LogP contribution in [0.1, 0.15) is 24.8 Å². The number of methoxy groups -OCH3 is 1. The van der Waals surface area contributed by atoms with Gasteiger partial charge in [0, 0.05) is 0 Å². The summed E-state index contributed by atoms with van der Waals surface area (Å²) < 4.78 is 19.1. The summed E-state index contributed by atoms with van der Waals surface area (Å²) in [5.41, 5.74) is 0.799. The molecule has 1 fully saturated rings. The summed E-state index contributed by atoms with van der Waals surface area (Å²) in [7, 11) is 1.51. The van der Waals surface area contributed by atoms with Gasteiger partial charge in [-0.1, -0.05) is 19.1 Å². The quantitative estimate of drug-likeness (QED) is 0.832. The lowest BCUT2D eigenvalue weighted by atomic mass is 9.82. The highest BCUT2D eigenvalue weighted by Gasteiger charge is 2.26. The molecule has 0 aliphatic carbocycles. The van der Waals surface area contributed by atoms with E-state index in [1.165, 1.54) is 7.11 Å². The molecule has 1 aliphatic heterocycles. The zero-order chi connectivity index (χ0) is 11.5. The van der Waals surface area contributed by atoms with E-state index in [4.69, 9.17) is 4.74 Å². The Bertz CT molecular complexity index is 367. The lowest BCUT2D eigenvalue weighted by molar-refractivity contribution is 0.332. The van der Waals surface area contributed by atoms with Gasteiger partial charge in [-0.15, -0.1) is 0 Å². The summed E-state index contributed by atoms with van der Waals surface area (Å²) in [5, 5.41) is 3.33. The number of hydrogen-bond donors (Lipinski definition) is 1. The molecule has 0 amide bonds. The minimum Gasteiger partial charge on any atom is -0.494 e. The van der Waals surface area contributed by atoms with Crippen LogP contribution >= 0.6 is 0 Å². The van der Waals surface area contributed by atoms with Crippen molar-refractivity contribution in [1.29, 1.82) is 0 Å². The van der Waals surface area contributed by atoms with E-state index in [0.717, 1.165) is 25.1 Å². The van der Waals surface area contributed by atoms with Gasteiger partial charge in [0.15, 0.2) is 11.6 Å². The van der Waals surface area contributed by atoms with Gasteiger partial charge in [0.25, 0.3) is 0 Å². The van der Waals surface area contributed by atoms with Gasteiger partial charge in [0.1, 0.15) is 0 Å². The molecule has 0 bridgehead atoms. The summed E-state index contributed by atoms with van der Waals surface area (Å²) in [6.07, 6.45) is 0.991. The number of benzene rings is 1. The molecule has 1 saturated heterocycles.